The number of ether oxygens (including phenoxy) is 2. The van der Waals surface area contributed by atoms with Crippen molar-refractivity contribution < 1.29 is 28.6 Å². The summed E-state index contributed by atoms with van der Waals surface area (Å²) in [6.45, 7) is 9.40. The van der Waals surface area contributed by atoms with Gasteiger partial charge in [0.15, 0.2) is 0 Å². The van der Waals surface area contributed by atoms with Crippen molar-refractivity contribution in [1.82, 2.24) is 19.6 Å². The van der Waals surface area contributed by atoms with Gasteiger partial charge < -0.3 is 24.4 Å². The number of carbonyl (C=O) groups is 2. The molecule has 0 radical (unpaired) electrons. The van der Waals surface area contributed by atoms with Crippen molar-refractivity contribution in [3.05, 3.63) is 47.4 Å². The number of aromatic nitrogens is 2. The van der Waals surface area contributed by atoms with Gasteiger partial charge in [-0.3, -0.25) is 9.48 Å². The Morgan fingerprint density at radius 3 is 2.60 bits per heavy atom. The van der Waals surface area contributed by atoms with Crippen molar-refractivity contribution in [3.63, 3.8) is 0 Å². The van der Waals surface area contributed by atoms with Crippen molar-refractivity contribution >= 4 is 29.0 Å². The Morgan fingerprint density at radius 2 is 1.88 bits per heavy atom. The van der Waals surface area contributed by atoms with Crippen LogP contribution in [0.2, 0.25) is 0 Å². The third kappa shape index (κ3) is 8.03. The van der Waals surface area contributed by atoms with Gasteiger partial charge in [-0.05, 0) is 80.8 Å². The minimum Gasteiger partial charge on any atom is -0.457 e. The molecule has 1 N–H and O–H groups in total. The lowest BCUT2D eigenvalue weighted by molar-refractivity contribution is -0.151. The molecule has 9 nitrogen and oxygen atoms in total. The molecule has 43 heavy (non-hydrogen) atoms. The maximum absolute atomic E-state index is 15.1. The molecular formula is C33H45FN4O5. The minimum absolute atomic E-state index is 0.0600. The standard InChI is InChI=1S/C33H45FN4O5/c1-21-5-9-26(39)18-31(40)43-32(22(2)6-10-30(21)42-33(41)37-13-11-36(4)12-14-37)23(3)15-25-16-28(34)27-19-35-38(29(27)17-25)20-24-7-8-24/h6,10,15-17,19,21-22,24,26,30,32,39H,5,7-9,11-14,18,20H2,1-4H3/b10-6+,23-15+/t21-,22-,26+,30-,32-/m0/s1. The number of aliphatic hydroxyl groups excluding tert-OH is 1. The Balaban J connectivity index is 1.38. The average Bonchev–Trinajstić information content (AvgIpc) is 3.70. The summed E-state index contributed by atoms with van der Waals surface area (Å²) in [7, 11) is 2.03. The Hall–Kier alpha value is -3.24. The molecule has 2 fully saturated rings. The SMILES string of the molecule is C/C(=C\c1cc(F)c2cnn(CC3CC3)c2c1)[C@H]1OC(=O)C[C@H](O)CC[C@H](C)[C@@H](OC(=O)N2CCN(C)CC2)/C=C/[C@@H]1C. The lowest BCUT2D eigenvalue weighted by Crippen LogP contribution is -2.48. The van der Waals surface area contributed by atoms with Crippen molar-refractivity contribution in [1.29, 1.82) is 0 Å². The number of cyclic esters (lactones) is 1. The molecular weight excluding hydrogens is 551 g/mol. The monoisotopic (exact) mass is 596 g/mol. The highest BCUT2D eigenvalue weighted by Crippen LogP contribution is 2.32. The van der Waals surface area contributed by atoms with Gasteiger partial charge in [-0.1, -0.05) is 26.0 Å². The van der Waals surface area contributed by atoms with Crippen molar-refractivity contribution in [2.24, 2.45) is 17.8 Å². The largest absolute Gasteiger partial charge is 0.457 e. The Kier molecular flexibility index (Phi) is 9.86. The van der Waals surface area contributed by atoms with Crippen LogP contribution in [0.1, 0.15) is 58.4 Å². The van der Waals surface area contributed by atoms with Crippen LogP contribution in [0.3, 0.4) is 0 Å². The van der Waals surface area contributed by atoms with Crippen LogP contribution in [0.4, 0.5) is 9.18 Å². The Morgan fingerprint density at radius 1 is 1.14 bits per heavy atom. The zero-order chi connectivity index (χ0) is 30.7. The number of benzene rings is 1. The number of amides is 1. The number of hydrogen-bond acceptors (Lipinski definition) is 7. The zero-order valence-electron chi connectivity index (χ0n) is 25.7. The van der Waals surface area contributed by atoms with Crippen LogP contribution in [0.5, 0.6) is 0 Å². The molecule has 1 amide bonds. The van der Waals surface area contributed by atoms with Gasteiger partial charge in [-0.2, -0.15) is 5.10 Å². The van der Waals surface area contributed by atoms with E-state index in [4.69, 9.17) is 9.47 Å². The fourth-order valence-electron chi connectivity index (χ4n) is 5.90. The highest BCUT2D eigenvalue weighted by molar-refractivity contribution is 5.82. The molecule has 1 aromatic carbocycles. The van der Waals surface area contributed by atoms with Crippen molar-refractivity contribution in [3.8, 4) is 0 Å². The Bertz CT molecular complexity index is 1360. The lowest BCUT2D eigenvalue weighted by atomic mass is 9.91. The smallest absolute Gasteiger partial charge is 0.410 e. The zero-order valence-corrected chi connectivity index (χ0v) is 25.7. The second-order valence-electron chi connectivity index (χ2n) is 12.8. The van der Waals surface area contributed by atoms with E-state index in [2.05, 4.69) is 10.00 Å². The van der Waals surface area contributed by atoms with E-state index >= 15 is 4.39 Å². The number of likely N-dealkylation sites (N-methyl/N-ethyl adjacent to an activating group) is 1. The molecule has 0 bridgehead atoms. The van der Waals surface area contributed by atoms with Gasteiger partial charge in [0.1, 0.15) is 18.0 Å². The summed E-state index contributed by atoms with van der Waals surface area (Å²) in [5.41, 5.74) is 2.14. The van der Waals surface area contributed by atoms with E-state index in [1.165, 1.54) is 18.9 Å². The number of carbonyl (C=O) groups excluding carboxylic acids is 2. The number of fused-ring (bicyclic) bond motifs is 1. The third-order valence-electron chi connectivity index (χ3n) is 8.96. The Labute approximate surface area is 253 Å². The fraction of sp³-hybridized carbons (Fsp3) is 0.606. The molecule has 1 aliphatic carbocycles. The van der Waals surface area contributed by atoms with E-state index in [9.17, 15) is 14.7 Å². The minimum atomic E-state index is -0.865. The van der Waals surface area contributed by atoms with E-state index < -0.39 is 24.3 Å². The summed E-state index contributed by atoms with van der Waals surface area (Å²) >= 11 is 0. The van der Waals surface area contributed by atoms with Crippen LogP contribution in [-0.4, -0.2) is 88.3 Å². The number of nitrogens with zero attached hydrogens (tertiary/aromatic N) is 4. The summed E-state index contributed by atoms with van der Waals surface area (Å²) in [5, 5.41) is 15.5. The molecule has 5 atom stereocenters. The van der Waals surface area contributed by atoms with Crippen LogP contribution < -0.4 is 0 Å². The van der Waals surface area contributed by atoms with Gasteiger partial charge in [0, 0.05) is 38.6 Å². The predicted octanol–water partition coefficient (Wildman–Crippen LogP) is 5.03. The van der Waals surface area contributed by atoms with E-state index in [1.54, 1.807) is 11.1 Å². The maximum atomic E-state index is 15.1. The summed E-state index contributed by atoms with van der Waals surface area (Å²) in [4.78, 5) is 29.8. The molecule has 1 saturated carbocycles. The van der Waals surface area contributed by atoms with E-state index in [-0.39, 0.29) is 30.2 Å². The van der Waals surface area contributed by atoms with Gasteiger partial charge in [0.2, 0.25) is 0 Å². The second-order valence-corrected chi connectivity index (χ2v) is 12.8. The van der Waals surface area contributed by atoms with Gasteiger partial charge in [-0.15, -0.1) is 0 Å². The molecule has 0 unspecified atom stereocenters. The molecule has 2 aromatic rings. The number of aliphatic hydroxyl groups is 1. The number of esters is 1. The quantitative estimate of drug-likeness (QED) is 0.382. The first-order valence-corrected chi connectivity index (χ1v) is 15.6. The average molecular weight is 597 g/mol. The van der Waals surface area contributed by atoms with Crippen molar-refractivity contribution in [2.75, 3.05) is 33.2 Å². The predicted molar refractivity (Wildman–Crippen MR) is 163 cm³/mol. The molecule has 0 spiro atoms. The van der Waals surface area contributed by atoms with Gasteiger partial charge in [-0.25, -0.2) is 9.18 Å². The second kappa shape index (κ2) is 13.6. The third-order valence-corrected chi connectivity index (χ3v) is 8.96. The first-order chi connectivity index (χ1) is 20.6. The summed E-state index contributed by atoms with van der Waals surface area (Å²) < 4.78 is 28.9. The maximum Gasteiger partial charge on any atom is 0.410 e. The van der Waals surface area contributed by atoms with E-state index in [0.29, 0.717) is 42.8 Å². The number of hydrogen-bond donors (Lipinski definition) is 1. The fourth-order valence-corrected chi connectivity index (χ4v) is 5.90. The molecule has 3 heterocycles. The molecule has 2 aliphatic heterocycles. The normalized spacial score (nSPS) is 29.1. The highest BCUT2D eigenvalue weighted by atomic mass is 19.1. The highest BCUT2D eigenvalue weighted by Gasteiger charge is 2.29. The first-order valence-electron chi connectivity index (χ1n) is 15.6. The van der Waals surface area contributed by atoms with Crippen LogP contribution in [-0.2, 0) is 20.8 Å². The van der Waals surface area contributed by atoms with E-state index in [0.717, 1.165) is 30.7 Å². The molecule has 3 aliphatic rings. The number of piperazine rings is 1. The summed E-state index contributed by atoms with van der Waals surface area (Å²) in [5.74, 6) is -0.568. The topological polar surface area (TPSA) is 97.1 Å². The van der Waals surface area contributed by atoms with Crippen LogP contribution in [0, 0.1) is 23.6 Å². The molecule has 10 heteroatoms. The first kappa shape index (κ1) is 31.2. The van der Waals surface area contributed by atoms with Crippen molar-refractivity contribution in [2.45, 2.75) is 77.7 Å². The van der Waals surface area contributed by atoms with Gasteiger partial charge >= 0.3 is 12.1 Å². The molecule has 234 valence electrons. The van der Waals surface area contributed by atoms with Crippen LogP contribution >= 0.6 is 0 Å². The van der Waals surface area contributed by atoms with E-state index in [1.807, 2.05) is 56.8 Å². The molecule has 5 rings (SSSR count). The van der Waals surface area contributed by atoms with Gasteiger partial charge in [0.25, 0.3) is 0 Å². The van der Waals surface area contributed by atoms with Gasteiger partial charge in [0.05, 0.1) is 29.6 Å². The molecule has 1 saturated heterocycles. The van der Waals surface area contributed by atoms with Crippen LogP contribution in [0.15, 0.2) is 36.1 Å². The number of halogens is 1. The number of rotatable bonds is 5. The summed E-state index contributed by atoms with van der Waals surface area (Å²) in [6, 6.07) is 3.40. The summed E-state index contributed by atoms with van der Waals surface area (Å²) in [6.07, 6.45) is 8.06. The lowest BCUT2D eigenvalue weighted by Gasteiger charge is -2.33. The van der Waals surface area contributed by atoms with Crippen LogP contribution in [0.25, 0.3) is 17.0 Å². The molecule has 1 aromatic heterocycles.